The average Bonchev–Trinajstić information content (AvgIpc) is 2.48. The minimum atomic E-state index is -0.0425. The lowest BCUT2D eigenvalue weighted by molar-refractivity contribution is 0.0994. The van der Waals surface area contributed by atoms with Crippen LogP contribution in [0.5, 0.6) is 0 Å². The molecule has 4 heteroatoms. The van der Waals surface area contributed by atoms with E-state index in [0.29, 0.717) is 10.6 Å². The Morgan fingerprint density at radius 3 is 2.72 bits per heavy atom. The Bertz CT molecular complexity index is 639. The van der Waals surface area contributed by atoms with Crippen molar-refractivity contribution in [3.8, 4) is 0 Å². The Hall–Kier alpha value is -2.00. The van der Waals surface area contributed by atoms with Gasteiger partial charge in [-0.15, -0.1) is 0 Å². The summed E-state index contributed by atoms with van der Waals surface area (Å²) in [6.07, 6.45) is 0. The van der Waals surface area contributed by atoms with Gasteiger partial charge in [-0.3, -0.25) is 4.79 Å². The van der Waals surface area contributed by atoms with Crippen LogP contribution < -0.4 is 10.2 Å². The van der Waals surface area contributed by atoms with E-state index < -0.39 is 0 Å². The van der Waals surface area contributed by atoms with E-state index in [-0.39, 0.29) is 5.91 Å². The second-order valence-electron chi connectivity index (χ2n) is 4.20. The standard InChI is InChI=1S/C14H11ClN2O/c1-17-13-8-9(15)6-7-12(13)16-11-5-3-2-4-10(11)14(17)18/h2-8,16H,1H3. The molecule has 0 fully saturated rings. The summed E-state index contributed by atoms with van der Waals surface area (Å²) in [6, 6.07) is 12.9. The van der Waals surface area contributed by atoms with Gasteiger partial charge in [-0.25, -0.2) is 0 Å². The van der Waals surface area contributed by atoms with Gasteiger partial charge in [0, 0.05) is 12.1 Å². The van der Waals surface area contributed by atoms with E-state index in [0.717, 1.165) is 17.1 Å². The molecule has 3 rings (SSSR count). The van der Waals surface area contributed by atoms with Crippen LogP contribution in [0.2, 0.25) is 5.02 Å². The molecule has 2 aromatic rings. The Morgan fingerprint density at radius 2 is 1.89 bits per heavy atom. The zero-order valence-electron chi connectivity index (χ0n) is 9.77. The molecule has 1 aliphatic rings. The Morgan fingerprint density at radius 1 is 1.11 bits per heavy atom. The molecule has 1 aliphatic heterocycles. The number of benzene rings is 2. The summed E-state index contributed by atoms with van der Waals surface area (Å²) in [7, 11) is 1.75. The van der Waals surface area contributed by atoms with Crippen molar-refractivity contribution in [3.05, 3.63) is 53.1 Å². The smallest absolute Gasteiger partial charge is 0.260 e. The van der Waals surface area contributed by atoms with Gasteiger partial charge in [0.2, 0.25) is 0 Å². The Balaban J connectivity index is 2.23. The maximum atomic E-state index is 12.4. The van der Waals surface area contributed by atoms with Gasteiger partial charge in [-0.05, 0) is 30.3 Å². The van der Waals surface area contributed by atoms with Crippen LogP contribution in [0.4, 0.5) is 17.1 Å². The van der Waals surface area contributed by atoms with Gasteiger partial charge in [0.15, 0.2) is 0 Å². The molecule has 1 heterocycles. The van der Waals surface area contributed by atoms with E-state index in [4.69, 9.17) is 11.6 Å². The summed E-state index contributed by atoms with van der Waals surface area (Å²) >= 11 is 5.99. The molecule has 0 saturated heterocycles. The van der Waals surface area contributed by atoms with Crippen LogP contribution in [0, 0.1) is 0 Å². The number of carbonyl (C=O) groups excluding carboxylic acids is 1. The minimum Gasteiger partial charge on any atom is -0.353 e. The third-order valence-corrected chi connectivity index (χ3v) is 3.29. The van der Waals surface area contributed by atoms with Gasteiger partial charge < -0.3 is 10.2 Å². The molecule has 1 N–H and O–H groups in total. The van der Waals surface area contributed by atoms with E-state index >= 15 is 0 Å². The molecule has 2 aromatic carbocycles. The number of fused-ring (bicyclic) bond motifs is 2. The first-order valence-electron chi connectivity index (χ1n) is 5.60. The van der Waals surface area contributed by atoms with Gasteiger partial charge in [0.1, 0.15) is 0 Å². The van der Waals surface area contributed by atoms with E-state index in [9.17, 15) is 4.79 Å². The van der Waals surface area contributed by atoms with Crippen LogP contribution >= 0.6 is 11.6 Å². The molecule has 3 nitrogen and oxygen atoms in total. The monoisotopic (exact) mass is 258 g/mol. The molecular formula is C14H11ClN2O. The summed E-state index contributed by atoms with van der Waals surface area (Å²) in [4.78, 5) is 14.0. The van der Waals surface area contributed by atoms with Crippen molar-refractivity contribution in [2.24, 2.45) is 0 Å². The fourth-order valence-corrected chi connectivity index (χ4v) is 2.27. The van der Waals surface area contributed by atoms with E-state index in [1.165, 1.54) is 0 Å². The molecule has 0 aliphatic carbocycles. The lowest BCUT2D eigenvalue weighted by Gasteiger charge is -2.17. The molecule has 0 spiro atoms. The fourth-order valence-electron chi connectivity index (χ4n) is 2.10. The van der Waals surface area contributed by atoms with Gasteiger partial charge in [-0.1, -0.05) is 23.7 Å². The fraction of sp³-hybridized carbons (Fsp3) is 0.0714. The zero-order valence-corrected chi connectivity index (χ0v) is 10.5. The first-order chi connectivity index (χ1) is 8.66. The van der Waals surface area contributed by atoms with Gasteiger partial charge in [-0.2, -0.15) is 0 Å². The summed E-state index contributed by atoms with van der Waals surface area (Å²) < 4.78 is 0. The summed E-state index contributed by atoms with van der Waals surface area (Å²) in [5.74, 6) is -0.0425. The summed E-state index contributed by atoms with van der Waals surface area (Å²) in [6.45, 7) is 0. The zero-order chi connectivity index (χ0) is 12.7. The average molecular weight is 259 g/mol. The topological polar surface area (TPSA) is 32.3 Å². The molecule has 0 bridgehead atoms. The number of hydrogen-bond acceptors (Lipinski definition) is 2. The third-order valence-electron chi connectivity index (χ3n) is 3.05. The minimum absolute atomic E-state index is 0.0425. The number of nitrogens with one attached hydrogen (secondary N) is 1. The van der Waals surface area contributed by atoms with Crippen molar-refractivity contribution in [2.45, 2.75) is 0 Å². The number of anilines is 3. The van der Waals surface area contributed by atoms with E-state index in [1.54, 1.807) is 24.1 Å². The summed E-state index contributed by atoms with van der Waals surface area (Å²) in [5, 5.41) is 3.88. The number of hydrogen-bond donors (Lipinski definition) is 1. The van der Waals surface area contributed by atoms with Crippen molar-refractivity contribution < 1.29 is 4.79 Å². The number of para-hydroxylation sites is 1. The highest BCUT2D eigenvalue weighted by molar-refractivity contribution is 6.31. The first-order valence-corrected chi connectivity index (χ1v) is 5.98. The van der Waals surface area contributed by atoms with Crippen molar-refractivity contribution in [1.29, 1.82) is 0 Å². The number of carbonyl (C=O) groups is 1. The molecule has 18 heavy (non-hydrogen) atoms. The predicted molar refractivity (Wildman–Crippen MR) is 73.9 cm³/mol. The SMILES string of the molecule is CN1C(=O)c2ccccc2Nc2ccc(Cl)cc21. The molecule has 0 atom stereocenters. The van der Waals surface area contributed by atoms with Crippen LogP contribution in [0.1, 0.15) is 10.4 Å². The maximum Gasteiger partial charge on any atom is 0.260 e. The van der Waals surface area contributed by atoms with Crippen LogP contribution in [0.25, 0.3) is 0 Å². The third kappa shape index (κ3) is 1.64. The quantitative estimate of drug-likeness (QED) is 0.782. The van der Waals surface area contributed by atoms with Crippen LogP contribution in [0.3, 0.4) is 0 Å². The highest BCUT2D eigenvalue weighted by Crippen LogP contribution is 2.36. The van der Waals surface area contributed by atoms with Crippen molar-refractivity contribution in [1.82, 2.24) is 0 Å². The number of rotatable bonds is 0. The lowest BCUT2D eigenvalue weighted by Crippen LogP contribution is -2.25. The van der Waals surface area contributed by atoms with Crippen molar-refractivity contribution in [2.75, 3.05) is 17.3 Å². The number of amides is 1. The molecule has 0 aromatic heterocycles. The van der Waals surface area contributed by atoms with Crippen LogP contribution in [0.15, 0.2) is 42.5 Å². The second-order valence-corrected chi connectivity index (χ2v) is 4.63. The van der Waals surface area contributed by atoms with Gasteiger partial charge in [0.05, 0.1) is 22.6 Å². The number of halogens is 1. The molecule has 1 amide bonds. The van der Waals surface area contributed by atoms with Crippen LogP contribution in [-0.4, -0.2) is 13.0 Å². The highest BCUT2D eigenvalue weighted by Gasteiger charge is 2.23. The van der Waals surface area contributed by atoms with Crippen molar-refractivity contribution in [3.63, 3.8) is 0 Å². The Labute approximate surface area is 110 Å². The Kier molecular flexibility index (Phi) is 2.49. The summed E-state index contributed by atoms with van der Waals surface area (Å²) in [5.41, 5.74) is 3.13. The highest BCUT2D eigenvalue weighted by atomic mass is 35.5. The first kappa shape index (κ1) is 11.1. The molecule has 0 radical (unpaired) electrons. The normalized spacial score (nSPS) is 13.4. The van der Waals surface area contributed by atoms with Gasteiger partial charge in [0.25, 0.3) is 5.91 Å². The molecule has 90 valence electrons. The molecule has 0 saturated carbocycles. The van der Waals surface area contributed by atoms with Crippen molar-refractivity contribution >= 4 is 34.6 Å². The second kappa shape index (κ2) is 4.03. The van der Waals surface area contributed by atoms with Crippen LogP contribution in [-0.2, 0) is 0 Å². The molecular weight excluding hydrogens is 248 g/mol. The largest absolute Gasteiger partial charge is 0.353 e. The van der Waals surface area contributed by atoms with Gasteiger partial charge >= 0.3 is 0 Å². The lowest BCUT2D eigenvalue weighted by atomic mass is 10.1. The van der Waals surface area contributed by atoms with E-state index in [2.05, 4.69) is 5.32 Å². The number of nitrogens with zero attached hydrogens (tertiary/aromatic N) is 1. The predicted octanol–water partition coefficient (Wildman–Crippen LogP) is 3.67. The van der Waals surface area contributed by atoms with E-state index in [1.807, 2.05) is 30.3 Å². The molecule has 0 unspecified atom stereocenters. The maximum absolute atomic E-state index is 12.4.